The van der Waals surface area contributed by atoms with E-state index in [-0.39, 0.29) is 0 Å². The average molecular weight is 502 g/mol. The minimum Gasteiger partial charge on any atom is -0.310 e. The van der Waals surface area contributed by atoms with Gasteiger partial charge in [-0.15, -0.1) is 0 Å². The molecule has 0 aliphatic rings. The van der Waals surface area contributed by atoms with E-state index in [1.54, 1.807) is 0 Å². The van der Waals surface area contributed by atoms with Crippen molar-refractivity contribution in [3.63, 3.8) is 0 Å². The SMILES string of the molecule is CCc1ccc(-c2cccc(N(c3ccc(-c4ccccc4)cc3)c3ccc(-c4ccccc4)cc3)c2)cc1. The van der Waals surface area contributed by atoms with Crippen LogP contribution in [0.2, 0.25) is 0 Å². The molecule has 1 heteroatoms. The third-order valence-corrected chi connectivity index (χ3v) is 7.27. The standard InChI is InChI=1S/C38H31N/c1-2-29-16-18-34(19-17-29)35-14-9-15-38(28-35)39(36-24-20-32(21-25-36)30-10-5-3-6-11-30)37-26-22-33(23-27-37)31-12-7-4-8-13-31/h3-28H,2H2,1H3. The predicted molar refractivity (Wildman–Crippen MR) is 167 cm³/mol. The van der Waals surface area contributed by atoms with E-state index in [0.717, 1.165) is 23.5 Å². The zero-order chi connectivity index (χ0) is 26.4. The normalized spacial score (nSPS) is 10.8. The molecular weight excluding hydrogens is 470 g/mol. The van der Waals surface area contributed by atoms with E-state index in [1.165, 1.54) is 38.9 Å². The van der Waals surface area contributed by atoms with Gasteiger partial charge in [-0.3, -0.25) is 0 Å². The van der Waals surface area contributed by atoms with Gasteiger partial charge in [-0.2, -0.15) is 0 Å². The van der Waals surface area contributed by atoms with E-state index in [0.29, 0.717) is 0 Å². The lowest BCUT2D eigenvalue weighted by atomic mass is 10.0. The van der Waals surface area contributed by atoms with Gasteiger partial charge in [-0.05, 0) is 81.8 Å². The summed E-state index contributed by atoms with van der Waals surface area (Å²) in [6, 6.07) is 56.5. The second-order valence-electron chi connectivity index (χ2n) is 9.76. The van der Waals surface area contributed by atoms with Crippen molar-refractivity contribution < 1.29 is 0 Å². The Labute approximate surface area is 231 Å². The summed E-state index contributed by atoms with van der Waals surface area (Å²) >= 11 is 0. The van der Waals surface area contributed by atoms with Crippen LogP contribution in [-0.2, 0) is 6.42 Å². The molecule has 0 bridgehead atoms. The molecule has 0 radical (unpaired) electrons. The molecule has 0 atom stereocenters. The van der Waals surface area contributed by atoms with E-state index < -0.39 is 0 Å². The maximum Gasteiger partial charge on any atom is 0.0467 e. The Morgan fingerprint density at radius 2 is 0.769 bits per heavy atom. The topological polar surface area (TPSA) is 3.24 Å². The molecule has 0 aromatic heterocycles. The molecule has 0 saturated heterocycles. The molecule has 188 valence electrons. The number of aryl methyl sites for hydroxylation is 1. The van der Waals surface area contributed by atoms with E-state index in [1.807, 2.05) is 0 Å². The van der Waals surface area contributed by atoms with E-state index in [9.17, 15) is 0 Å². The van der Waals surface area contributed by atoms with E-state index >= 15 is 0 Å². The van der Waals surface area contributed by atoms with Crippen molar-refractivity contribution in [2.45, 2.75) is 13.3 Å². The first-order chi connectivity index (χ1) is 19.3. The molecule has 0 spiro atoms. The molecular formula is C38H31N. The van der Waals surface area contributed by atoms with Crippen molar-refractivity contribution in [2.75, 3.05) is 4.90 Å². The lowest BCUT2D eigenvalue weighted by Gasteiger charge is -2.26. The number of nitrogens with zero attached hydrogens (tertiary/aromatic N) is 1. The predicted octanol–water partition coefficient (Wildman–Crippen LogP) is 10.7. The Bertz CT molecular complexity index is 1550. The fourth-order valence-corrected chi connectivity index (χ4v) is 5.07. The first-order valence-electron chi connectivity index (χ1n) is 13.6. The molecule has 6 rings (SSSR count). The minimum atomic E-state index is 1.05. The van der Waals surface area contributed by atoms with Crippen molar-refractivity contribution in [3.8, 4) is 33.4 Å². The van der Waals surface area contributed by atoms with E-state index in [2.05, 4.69) is 170 Å². The number of anilines is 3. The third-order valence-electron chi connectivity index (χ3n) is 7.27. The fraction of sp³-hybridized carbons (Fsp3) is 0.0526. The molecule has 0 unspecified atom stereocenters. The monoisotopic (exact) mass is 501 g/mol. The summed E-state index contributed by atoms with van der Waals surface area (Å²) in [5.41, 5.74) is 12.0. The molecule has 39 heavy (non-hydrogen) atoms. The first-order valence-corrected chi connectivity index (χ1v) is 13.6. The van der Waals surface area contributed by atoms with Crippen LogP contribution in [-0.4, -0.2) is 0 Å². The molecule has 0 heterocycles. The lowest BCUT2D eigenvalue weighted by Crippen LogP contribution is -2.10. The van der Waals surface area contributed by atoms with Crippen LogP contribution in [0.15, 0.2) is 158 Å². The van der Waals surface area contributed by atoms with Crippen molar-refractivity contribution in [3.05, 3.63) is 163 Å². The van der Waals surface area contributed by atoms with Gasteiger partial charge < -0.3 is 4.90 Å². The lowest BCUT2D eigenvalue weighted by molar-refractivity contribution is 1.14. The zero-order valence-electron chi connectivity index (χ0n) is 22.2. The second kappa shape index (κ2) is 11.2. The summed E-state index contributed by atoms with van der Waals surface area (Å²) in [5.74, 6) is 0. The highest BCUT2D eigenvalue weighted by Crippen LogP contribution is 2.38. The maximum atomic E-state index is 2.34. The molecule has 1 nitrogen and oxygen atoms in total. The van der Waals surface area contributed by atoms with Crippen LogP contribution >= 0.6 is 0 Å². The third kappa shape index (κ3) is 5.39. The fourth-order valence-electron chi connectivity index (χ4n) is 5.07. The average Bonchev–Trinajstić information content (AvgIpc) is 3.03. The minimum absolute atomic E-state index is 1.05. The maximum absolute atomic E-state index is 2.34. The van der Waals surface area contributed by atoms with E-state index in [4.69, 9.17) is 0 Å². The van der Waals surface area contributed by atoms with Crippen LogP contribution in [0.25, 0.3) is 33.4 Å². The van der Waals surface area contributed by atoms with Crippen LogP contribution in [0.3, 0.4) is 0 Å². The Morgan fingerprint density at radius 3 is 1.26 bits per heavy atom. The zero-order valence-corrected chi connectivity index (χ0v) is 22.2. The molecule has 6 aromatic carbocycles. The summed E-state index contributed by atoms with van der Waals surface area (Å²) in [6.07, 6.45) is 1.05. The summed E-state index contributed by atoms with van der Waals surface area (Å²) in [7, 11) is 0. The molecule has 0 fully saturated rings. The van der Waals surface area contributed by atoms with Crippen LogP contribution in [0.5, 0.6) is 0 Å². The molecule has 0 saturated carbocycles. The molecule has 6 aromatic rings. The van der Waals surface area contributed by atoms with Crippen molar-refractivity contribution in [1.82, 2.24) is 0 Å². The quantitative estimate of drug-likeness (QED) is 0.210. The Morgan fingerprint density at radius 1 is 0.359 bits per heavy atom. The first kappa shape index (κ1) is 24.5. The smallest absolute Gasteiger partial charge is 0.0467 e. The Hall–Kier alpha value is -4.88. The molecule has 0 aliphatic carbocycles. The van der Waals surface area contributed by atoms with Gasteiger partial charge in [0.2, 0.25) is 0 Å². The largest absolute Gasteiger partial charge is 0.310 e. The van der Waals surface area contributed by atoms with Gasteiger partial charge >= 0.3 is 0 Å². The number of benzene rings is 6. The van der Waals surface area contributed by atoms with Crippen LogP contribution in [0.1, 0.15) is 12.5 Å². The number of rotatable bonds is 7. The van der Waals surface area contributed by atoms with Gasteiger partial charge in [0.15, 0.2) is 0 Å². The molecule has 0 N–H and O–H groups in total. The number of hydrogen-bond donors (Lipinski definition) is 0. The van der Waals surface area contributed by atoms with Gasteiger partial charge in [-0.1, -0.05) is 128 Å². The highest BCUT2D eigenvalue weighted by atomic mass is 15.1. The van der Waals surface area contributed by atoms with Crippen molar-refractivity contribution in [1.29, 1.82) is 0 Å². The highest BCUT2D eigenvalue weighted by molar-refractivity contribution is 5.82. The summed E-state index contributed by atoms with van der Waals surface area (Å²) < 4.78 is 0. The molecule has 0 amide bonds. The van der Waals surface area contributed by atoms with Gasteiger partial charge in [-0.25, -0.2) is 0 Å². The number of hydrogen-bond acceptors (Lipinski definition) is 1. The summed E-state index contributed by atoms with van der Waals surface area (Å²) in [5, 5.41) is 0. The highest BCUT2D eigenvalue weighted by Gasteiger charge is 2.14. The Kier molecular flexibility index (Phi) is 7.05. The van der Waals surface area contributed by atoms with Crippen LogP contribution in [0.4, 0.5) is 17.1 Å². The van der Waals surface area contributed by atoms with Gasteiger partial charge in [0.25, 0.3) is 0 Å². The molecule has 0 aliphatic heterocycles. The van der Waals surface area contributed by atoms with Gasteiger partial charge in [0, 0.05) is 17.1 Å². The Balaban J connectivity index is 1.41. The van der Waals surface area contributed by atoms with Crippen molar-refractivity contribution in [2.24, 2.45) is 0 Å². The van der Waals surface area contributed by atoms with Crippen molar-refractivity contribution >= 4 is 17.1 Å². The summed E-state index contributed by atoms with van der Waals surface area (Å²) in [6.45, 7) is 2.19. The van der Waals surface area contributed by atoms with Crippen LogP contribution in [0, 0.1) is 0 Å². The summed E-state index contributed by atoms with van der Waals surface area (Å²) in [4.78, 5) is 2.34. The second-order valence-corrected chi connectivity index (χ2v) is 9.76. The van der Waals surface area contributed by atoms with Gasteiger partial charge in [0.05, 0.1) is 0 Å². The van der Waals surface area contributed by atoms with Gasteiger partial charge in [0.1, 0.15) is 0 Å². The van der Waals surface area contributed by atoms with Crippen LogP contribution < -0.4 is 4.90 Å².